The van der Waals surface area contributed by atoms with Gasteiger partial charge in [0.05, 0.1) is 12.0 Å². The van der Waals surface area contributed by atoms with Crippen molar-refractivity contribution >= 4 is 0 Å². The molecule has 1 heterocycles. The lowest BCUT2D eigenvalue weighted by atomic mass is 10.1. The van der Waals surface area contributed by atoms with Crippen LogP contribution in [0.5, 0.6) is 0 Å². The molecule has 0 saturated carbocycles. The second kappa shape index (κ2) is 4.47. The van der Waals surface area contributed by atoms with Crippen molar-refractivity contribution < 1.29 is 0 Å². The number of likely N-dealkylation sites (tertiary alicyclic amines) is 1. The SMILES string of the molecule is CCC1CCN(CC(C)C#N)C1. The Hall–Kier alpha value is -0.550. The largest absolute Gasteiger partial charge is 0.302 e. The molecule has 2 atom stereocenters. The van der Waals surface area contributed by atoms with Gasteiger partial charge in [-0.15, -0.1) is 0 Å². The summed E-state index contributed by atoms with van der Waals surface area (Å²) in [5, 5.41) is 8.64. The Labute approximate surface area is 75.2 Å². The van der Waals surface area contributed by atoms with Gasteiger partial charge >= 0.3 is 0 Å². The van der Waals surface area contributed by atoms with Gasteiger partial charge in [0.25, 0.3) is 0 Å². The lowest BCUT2D eigenvalue weighted by Gasteiger charge is -2.16. The van der Waals surface area contributed by atoms with Crippen LogP contribution in [0.25, 0.3) is 0 Å². The van der Waals surface area contributed by atoms with Gasteiger partial charge in [0.2, 0.25) is 0 Å². The highest BCUT2D eigenvalue weighted by molar-refractivity contribution is 4.84. The van der Waals surface area contributed by atoms with E-state index in [1.807, 2.05) is 6.92 Å². The van der Waals surface area contributed by atoms with Gasteiger partial charge in [-0.2, -0.15) is 5.26 Å². The van der Waals surface area contributed by atoms with Crippen molar-refractivity contribution in [2.75, 3.05) is 19.6 Å². The quantitative estimate of drug-likeness (QED) is 0.640. The molecule has 0 bridgehead atoms. The van der Waals surface area contributed by atoms with Gasteiger partial charge in [-0.1, -0.05) is 13.3 Å². The minimum atomic E-state index is 0.195. The first-order valence-corrected chi connectivity index (χ1v) is 4.88. The molecule has 0 aromatic carbocycles. The van der Waals surface area contributed by atoms with Gasteiger partial charge in [0.15, 0.2) is 0 Å². The molecule has 0 spiro atoms. The zero-order valence-electron chi connectivity index (χ0n) is 8.08. The van der Waals surface area contributed by atoms with Crippen molar-refractivity contribution in [2.45, 2.75) is 26.7 Å². The standard InChI is InChI=1S/C10H18N2/c1-3-10-4-5-12(8-10)7-9(2)6-11/h9-10H,3-5,7-8H2,1-2H3. The summed E-state index contributed by atoms with van der Waals surface area (Å²) in [5.41, 5.74) is 0. The monoisotopic (exact) mass is 166 g/mol. The van der Waals surface area contributed by atoms with Crippen LogP contribution >= 0.6 is 0 Å². The van der Waals surface area contributed by atoms with E-state index in [1.54, 1.807) is 0 Å². The maximum Gasteiger partial charge on any atom is 0.0666 e. The number of nitrogens with zero attached hydrogens (tertiary/aromatic N) is 2. The summed E-state index contributed by atoms with van der Waals surface area (Å²) >= 11 is 0. The molecule has 0 aromatic heterocycles. The smallest absolute Gasteiger partial charge is 0.0666 e. The summed E-state index contributed by atoms with van der Waals surface area (Å²) in [4.78, 5) is 2.42. The Kier molecular flexibility index (Phi) is 3.55. The van der Waals surface area contributed by atoms with Crippen molar-refractivity contribution in [1.82, 2.24) is 4.90 Å². The lowest BCUT2D eigenvalue weighted by molar-refractivity contribution is 0.300. The summed E-state index contributed by atoms with van der Waals surface area (Å²) in [7, 11) is 0. The fraction of sp³-hybridized carbons (Fsp3) is 0.900. The highest BCUT2D eigenvalue weighted by Gasteiger charge is 2.21. The summed E-state index contributed by atoms with van der Waals surface area (Å²) in [5.74, 6) is 1.08. The van der Waals surface area contributed by atoms with Crippen LogP contribution in [0.4, 0.5) is 0 Å². The van der Waals surface area contributed by atoms with Crippen molar-refractivity contribution in [3.8, 4) is 6.07 Å². The van der Waals surface area contributed by atoms with E-state index in [-0.39, 0.29) is 5.92 Å². The van der Waals surface area contributed by atoms with Gasteiger partial charge < -0.3 is 4.90 Å². The summed E-state index contributed by atoms with van der Waals surface area (Å²) < 4.78 is 0. The third-order valence-electron chi connectivity index (χ3n) is 2.70. The second-order valence-electron chi connectivity index (χ2n) is 3.85. The zero-order valence-corrected chi connectivity index (χ0v) is 8.08. The molecule has 1 saturated heterocycles. The molecule has 1 rings (SSSR count). The van der Waals surface area contributed by atoms with E-state index in [9.17, 15) is 0 Å². The fourth-order valence-electron chi connectivity index (χ4n) is 1.84. The van der Waals surface area contributed by atoms with Crippen LogP contribution < -0.4 is 0 Å². The van der Waals surface area contributed by atoms with Crippen LogP contribution in [0.3, 0.4) is 0 Å². The van der Waals surface area contributed by atoms with Crippen LogP contribution in [-0.4, -0.2) is 24.5 Å². The fourth-order valence-corrected chi connectivity index (χ4v) is 1.84. The van der Waals surface area contributed by atoms with Gasteiger partial charge in [0, 0.05) is 13.1 Å². The van der Waals surface area contributed by atoms with E-state index in [4.69, 9.17) is 5.26 Å². The Morgan fingerprint density at radius 1 is 1.67 bits per heavy atom. The second-order valence-corrected chi connectivity index (χ2v) is 3.85. The molecular formula is C10H18N2. The van der Waals surface area contributed by atoms with Gasteiger partial charge in [-0.3, -0.25) is 0 Å². The molecule has 1 aliphatic heterocycles. The highest BCUT2D eigenvalue weighted by Crippen LogP contribution is 2.19. The molecule has 0 aromatic rings. The third-order valence-corrected chi connectivity index (χ3v) is 2.70. The molecule has 0 aliphatic carbocycles. The average Bonchev–Trinajstić information content (AvgIpc) is 2.52. The van der Waals surface area contributed by atoms with Crippen molar-refractivity contribution in [1.29, 1.82) is 5.26 Å². The van der Waals surface area contributed by atoms with E-state index in [0.29, 0.717) is 0 Å². The van der Waals surface area contributed by atoms with E-state index < -0.39 is 0 Å². The van der Waals surface area contributed by atoms with Crippen molar-refractivity contribution in [2.24, 2.45) is 11.8 Å². The molecular weight excluding hydrogens is 148 g/mol. The van der Waals surface area contributed by atoms with Crippen LogP contribution in [0.15, 0.2) is 0 Å². The molecule has 2 nitrogen and oxygen atoms in total. The minimum Gasteiger partial charge on any atom is -0.302 e. The Morgan fingerprint density at radius 2 is 2.42 bits per heavy atom. The number of hydrogen-bond acceptors (Lipinski definition) is 2. The number of nitriles is 1. The summed E-state index contributed by atoms with van der Waals surface area (Å²) in [6, 6.07) is 2.28. The Morgan fingerprint density at radius 3 is 2.92 bits per heavy atom. The van der Waals surface area contributed by atoms with Gasteiger partial charge in [-0.05, 0) is 25.8 Å². The van der Waals surface area contributed by atoms with Crippen molar-refractivity contribution in [3.05, 3.63) is 0 Å². The molecule has 0 amide bonds. The van der Waals surface area contributed by atoms with Crippen LogP contribution in [-0.2, 0) is 0 Å². The van der Waals surface area contributed by atoms with E-state index in [0.717, 1.165) is 12.5 Å². The average molecular weight is 166 g/mol. The molecule has 2 unspecified atom stereocenters. The molecule has 2 heteroatoms. The zero-order chi connectivity index (χ0) is 8.97. The third kappa shape index (κ3) is 2.49. The molecule has 12 heavy (non-hydrogen) atoms. The summed E-state index contributed by atoms with van der Waals surface area (Å²) in [6.07, 6.45) is 2.62. The minimum absolute atomic E-state index is 0.195. The van der Waals surface area contributed by atoms with Crippen LogP contribution in [0, 0.1) is 23.2 Å². The van der Waals surface area contributed by atoms with Crippen molar-refractivity contribution in [3.63, 3.8) is 0 Å². The first-order chi connectivity index (χ1) is 5.76. The molecule has 1 fully saturated rings. The highest BCUT2D eigenvalue weighted by atomic mass is 15.1. The Balaban J connectivity index is 2.24. The molecule has 68 valence electrons. The molecule has 0 N–H and O–H groups in total. The first-order valence-electron chi connectivity index (χ1n) is 4.88. The lowest BCUT2D eigenvalue weighted by Crippen LogP contribution is -2.25. The van der Waals surface area contributed by atoms with E-state index in [1.165, 1.54) is 25.9 Å². The van der Waals surface area contributed by atoms with Gasteiger partial charge in [0.1, 0.15) is 0 Å². The maximum atomic E-state index is 8.64. The normalized spacial score (nSPS) is 26.9. The van der Waals surface area contributed by atoms with E-state index >= 15 is 0 Å². The van der Waals surface area contributed by atoms with Gasteiger partial charge in [-0.25, -0.2) is 0 Å². The first kappa shape index (κ1) is 9.54. The van der Waals surface area contributed by atoms with Crippen LogP contribution in [0.1, 0.15) is 26.7 Å². The topological polar surface area (TPSA) is 27.0 Å². The molecule has 0 radical (unpaired) electrons. The van der Waals surface area contributed by atoms with Crippen LogP contribution in [0.2, 0.25) is 0 Å². The maximum absolute atomic E-state index is 8.64. The summed E-state index contributed by atoms with van der Waals surface area (Å²) in [6.45, 7) is 7.63. The molecule has 1 aliphatic rings. The predicted octanol–water partition coefficient (Wildman–Crippen LogP) is 1.88. The Bertz CT molecular complexity index is 171. The van der Waals surface area contributed by atoms with E-state index in [2.05, 4.69) is 17.9 Å². The predicted molar refractivity (Wildman–Crippen MR) is 49.6 cm³/mol. The number of rotatable bonds is 3. The number of hydrogen-bond donors (Lipinski definition) is 0.